The molecule has 2 amide bonds. The zero-order valence-corrected chi connectivity index (χ0v) is 16.0. The number of amides is 2. The first-order valence-corrected chi connectivity index (χ1v) is 10.6. The van der Waals surface area contributed by atoms with Gasteiger partial charge in [-0.15, -0.1) is 0 Å². The van der Waals surface area contributed by atoms with Crippen LogP contribution < -0.4 is 0 Å². The molecule has 1 spiro atoms. The van der Waals surface area contributed by atoms with Gasteiger partial charge in [0.05, 0.1) is 43.1 Å². The Morgan fingerprint density at radius 3 is 2.93 bits per heavy atom. The summed E-state index contributed by atoms with van der Waals surface area (Å²) >= 11 is 0. The van der Waals surface area contributed by atoms with E-state index in [-0.39, 0.29) is 29.8 Å². The normalized spacial score (nSPS) is 36.9. The molecule has 1 aromatic heterocycles. The molecular weight excluding hydrogens is 356 g/mol. The summed E-state index contributed by atoms with van der Waals surface area (Å²) in [5.41, 5.74) is 0.465. The van der Waals surface area contributed by atoms with E-state index in [4.69, 9.17) is 4.74 Å². The first kappa shape index (κ1) is 16.8. The van der Waals surface area contributed by atoms with E-state index in [2.05, 4.69) is 15.6 Å². The molecule has 5 heterocycles. The SMILES string of the molecule is O=C([C@H]1[C@H]2C=C[C@]3(CN(C4CCCCC4)C(=O)[C@@H]13)O2)N1CCn2cncc2C1. The van der Waals surface area contributed by atoms with Crippen molar-refractivity contribution in [2.75, 3.05) is 13.1 Å². The second-order valence-corrected chi connectivity index (χ2v) is 9.00. The Morgan fingerprint density at radius 1 is 1.21 bits per heavy atom. The van der Waals surface area contributed by atoms with Gasteiger partial charge in [-0.1, -0.05) is 31.4 Å². The molecule has 0 N–H and O–H groups in total. The number of carbonyl (C=O) groups is 2. The van der Waals surface area contributed by atoms with Crippen LogP contribution in [0.15, 0.2) is 24.7 Å². The van der Waals surface area contributed by atoms with Gasteiger partial charge in [-0.25, -0.2) is 4.98 Å². The van der Waals surface area contributed by atoms with Crippen molar-refractivity contribution in [1.82, 2.24) is 19.4 Å². The molecule has 1 aliphatic carbocycles. The predicted octanol–water partition coefficient (Wildman–Crippen LogP) is 1.34. The van der Waals surface area contributed by atoms with Crippen molar-refractivity contribution in [3.8, 4) is 0 Å². The number of rotatable bonds is 2. The van der Waals surface area contributed by atoms with E-state index in [0.717, 1.165) is 25.1 Å². The van der Waals surface area contributed by atoms with Gasteiger partial charge in [0.25, 0.3) is 0 Å². The third-order valence-corrected chi connectivity index (χ3v) is 7.50. The lowest BCUT2D eigenvalue weighted by Crippen LogP contribution is -2.48. The van der Waals surface area contributed by atoms with Crippen molar-refractivity contribution >= 4 is 11.8 Å². The highest BCUT2D eigenvalue weighted by molar-refractivity contribution is 5.93. The zero-order chi connectivity index (χ0) is 18.9. The molecule has 7 nitrogen and oxygen atoms in total. The molecule has 0 aromatic carbocycles. The van der Waals surface area contributed by atoms with E-state index in [0.29, 0.717) is 25.7 Å². The molecule has 2 saturated heterocycles. The van der Waals surface area contributed by atoms with Crippen molar-refractivity contribution in [3.05, 3.63) is 30.4 Å². The molecule has 0 unspecified atom stereocenters. The van der Waals surface area contributed by atoms with Crippen LogP contribution in [0, 0.1) is 11.8 Å². The lowest BCUT2D eigenvalue weighted by atomic mass is 9.76. The van der Waals surface area contributed by atoms with Crippen LogP contribution in [0.25, 0.3) is 0 Å². The minimum Gasteiger partial charge on any atom is -0.360 e. The number of imidazole rings is 1. The Kier molecular flexibility index (Phi) is 3.55. The van der Waals surface area contributed by atoms with E-state index in [1.807, 2.05) is 28.4 Å². The minimum atomic E-state index is -0.586. The smallest absolute Gasteiger partial charge is 0.230 e. The quantitative estimate of drug-likeness (QED) is 0.724. The van der Waals surface area contributed by atoms with Gasteiger partial charge >= 0.3 is 0 Å². The Morgan fingerprint density at radius 2 is 2.07 bits per heavy atom. The van der Waals surface area contributed by atoms with Crippen molar-refractivity contribution in [1.29, 1.82) is 0 Å². The molecule has 7 heteroatoms. The summed E-state index contributed by atoms with van der Waals surface area (Å²) in [4.78, 5) is 35.1. The lowest BCUT2D eigenvalue weighted by molar-refractivity contribution is -0.145. The molecule has 28 heavy (non-hydrogen) atoms. The third kappa shape index (κ3) is 2.22. The van der Waals surface area contributed by atoms with Crippen LogP contribution in [0.1, 0.15) is 37.8 Å². The van der Waals surface area contributed by atoms with E-state index >= 15 is 0 Å². The Balaban J connectivity index is 1.27. The number of carbonyl (C=O) groups excluding carboxylic acids is 2. The number of nitrogens with zero attached hydrogens (tertiary/aromatic N) is 4. The van der Waals surface area contributed by atoms with Gasteiger partial charge in [0.1, 0.15) is 5.60 Å². The molecule has 2 bridgehead atoms. The number of fused-ring (bicyclic) bond motifs is 2. The van der Waals surface area contributed by atoms with Crippen LogP contribution in [0.4, 0.5) is 0 Å². The number of hydrogen-bond donors (Lipinski definition) is 0. The van der Waals surface area contributed by atoms with Crippen LogP contribution in [-0.4, -0.2) is 62.0 Å². The molecule has 148 valence electrons. The van der Waals surface area contributed by atoms with Gasteiger partial charge in [-0.3, -0.25) is 9.59 Å². The van der Waals surface area contributed by atoms with E-state index in [9.17, 15) is 9.59 Å². The van der Waals surface area contributed by atoms with Gasteiger partial charge in [0.2, 0.25) is 11.8 Å². The molecule has 0 radical (unpaired) electrons. The van der Waals surface area contributed by atoms with Crippen molar-refractivity contribution < 1.29 is 14.3 Å². The Bertz CT molecular complexity index is 858. The second-order valence-electron chi connectivity index (χ2n) is 9.00. The molecule has 4 aliphatic heterocycles. The largest absolute Gasteiger partial charge is 0.360 e. The zero-order valence-electron chi connectivity index (χ0n) is 16.0. The molecule has 4 atom stereocenters. The predicted molar refractivity (Wildman–Crippen MR) is 100.0 cm³/mol. The average molecular weight is 382 g/mol. The molecule has 1 aromatic rings. The molecule has 5 aliphatic rings. The Labute approximate surface area is 164 Å². The van der Waals surface area contributed by atoms with Crippen LogP contribution in [0.5, 0.6) is 0 Å². The van der Waals surface area contributed by atoms with E-state index < -0.39 is 5.60 Å². The summed E-state index contributed by atoms with van der Waals surface area (Å²) < 4.78 is 8.41. The molecule has 6 rings (SSSR count). The fourth-order valence-electron chi connectivity index (χ4n) is 6.09. The monoisotopic (exact) mass is 382 g/mol. The summed E-state index contributed by atoms with van der Waals surface area (Å²) in [6.45, 7) is 2.60. The fraction of sp³-hybridized carbons (Fsp3) is 0.667. The van der Waals surface area contributed by atoms with Crippen LogP contribution in [0.3, 0.4) is 0 Å². The number of hydrogen-bond acceptors (Lipinski definition) is 4. The number of ether oxygens (including phenoxy) is 1. The van der Waals surface area contributed by atoms with Gasteiger partial charge < -0.3 is 19.1 Å². The maximum Gasteiger partial charge on any atom is 0.230 e. The van der Waals surface area contributed by atoms with Crippen LogP contribution in [0.2, 0.25) is 0 Å². The maximum atomic E-state index is 13.5. The molecular formula is C21H26N4O3. The summed E-state index contributed by atoms with van der Waals surface area (Å²) in [6.07, 6.45) is 13.3. The highest BCUT2D eigenvalue weighted by atomic mass is 16.5. The van der Waals surface area contributed by atoms with Gasteiger partial charge in [0, 0.05) is 25.3 Å². The second kappa shape index (κ2) is 5.92. The highest BCUT2D eigenvalue weighted by Gasteiger charge is 2.67. The summed E-state index contributed by atoms with van der Waals surface area (Å²) in [5, 5.41) is 0. The Hall–Kier alpha value is -2.15. The number of aromatic nitrogens is 2. The fourth-order valence-corrected chi connectivity index (χ4v) is 6.09. The van der Waals surface area contributed by atoms with Gasteiger partial charge in [-0.2, -0.15) is 0 Å². The highest BCUT2D eigenvalue weighted by Crippen LogP contribution is 2.53. The first-order valence-electron chi connectivity index (χ1n) is 10.6. The lowest BCUT2D eigenvalue weighted by Gasteiger charge is -2.34. The van der Waals surface area contributed by atoms with Crippen molar-refractivity contribution in [2.45, 2.75) is 62.9 Å². The van der Waals surface area contributed by atoms with Crippen molar-refractivity contribution in [2.24, 2.45) is 11.8 Å². The van der Waals surface area contributed by atoms with E-state index in [1.54, 1.807) is 0 Å². The summed E-state index contributed by atoms with van der Waals surface area (Å²) in [5.74, 6) is -0.545. The van der Waals surface area contributed by atoms with Crippen LogP contribution >= 0.6 is 0 Å². The van der Waals surface area contributed by atoms with Crippen molar-refractivity contribution in [3.63, 3.8) is 0 Å². The summed E-state index contributed by atoms with van der Waals surface area (Å²) in [7, 11) is 0. The average Bonchev–Trinajstić information content (AvgIpc) is 3.48. The summed E-state index contributed by atoms with van der Waals surface area (Å²) in [6, 6.07) is 0.317. The van der Waals surface area contributed by atoms with Crippen LogP contribution in [-0.2, 0) is 27.4 Å². The van der Waals surface area contributed by atoms with Gasteiger partial charge in [0.15, 0.2) is 0 Å². The maximum absolute atomic E-state index is 13.5. The molecule has 3 fully saturated rings. The van der Waals surface area contributed by atoms with E-state index in [1.165, 1.54) is 19.3 Å². The first-order chi connectivity index (χ1) is 13.7. The number of likely N-dealkylation sites (tertiary alicyclic amines) is 1. The standard InChI is InChI=1S/C21H26N4O3/c26-19(23-8-9-24-13-22-10-15(24)11-23)17-16-6-7-21(28-16)12-25(20(27)18(17)21)14-4-2-1-3-5-14/h6-7,10,13-14,16-18H,1-5,8-9,11-12H2/t16-,17+,18-,21-/m1/s1. The molecule has 1 saturated carbocycles. The third-order valence-electron chi connectivity index (χ3n) is 7.50. The minimum absolute atomic E-state index is 0.0625. The topological polar surface area (TPSA) is 67.7 Å². The van der Waals surface area contributed by atoms with Gasteiger partial charge in [-0.05, 0) is 12.8 Å².